The maximum absolute atomic E-state index is 13.6. The molecule has 0 fully saturated rings. The van der Waals surface area contributed by atoms with Crippen molar-refractivity contribution in [3.05, 3.63) is 28.5 Å². The number of rotatable bonds is 7. The van der Waals surface area contributed by atoms with E-state index in [4.69, 9.17) is 0 Å². The first-order chi connectivity index (χ1) is 9.30. The second-order valence-electron chi connectivity index (χ2n) is 4.99. The summed E-state index contributed by atoms with van der Waals surface area (Å²) in [6.07, 6.45) is 2.82. The summed E-state index contributed by atoms with van der Waals surface area (Å²) in [4.78, 5) is 0.00315. The maximum Gasteiger partial charge on any atom is 0.243 e. The van der Waals surface area contributed by atoms with Gasteiger partial charge in [-0.3, -0.25) is 0 Å². The van der Waals surface area contributed by atoms with E-state index in [1.165, 1.54) is 16.4 Å². The highest BCUT2D eigenvalue weighted by Gasteiger charge is 2.27. The van der Waals surface area contributed by atoms with E-state index in [9.17, 15) is 12.8 Å². The Hall–Kier alpha value is -0.460. The fourth-order valence-electron chi connectivity index (χ4n) is 1.95. The fraction of sp³-hybridized carbons (Fsp3) is 0.571. The first kappa shape index (κ1) is 17.6. The van der Waals surface area contributed by atoms with Gasteiger partial charge in [-0.05, 0) is 54.4 Å². The van der Waals surface area contributed by atoms with Gasteiger partial charge in [0.1, 0.15) is 5.82 Å². The molecule has 0 aliphatic carbocycles. The zero-order valence-electron chi connectivity index (χ0n) is 12.1. The van der Waals surface area contributed by atoms with Crippen molar-refractivity contribution in [1.82, 2.24) is 4.31 Å². The van der Waals surface area contributed by atoms with Crippen molar-refractivity contribution < 1.29 is 12.8 Å². The van der Waals surface area contributed by atoms with Crippen LogP contribution in [0.2, 0.25) is 0 Å². The van der Waals surface area contributed by atoms with Gasteiger partial charge in [0.15, 0.2) is 0 Å². The molecule has 0 radical (unpaired) electrons. The largest absolute Gasteiger partial charge is 0.243 e. The van der Waals surface area contributed by atoms with Crippen LogP contribution in [0.4, 0.5) is 4.39 Å². The molecule has 0 spiro atoms. The van der Waals surface area contributed by atoms with Crippen molar-refractivity contribution >= 4 is 26.0 Å². The number of nitrogens with zero attached hydrogens (tertiary/aromatic N) is 1. The number of benzene rings is 1. The molecule has 6 heteroatoms. The Morgan fingerprint density at radius 2 is 1.95 bits per heavy atom. The van der Waals surface area contributed by atoms with Crippen LogP contribution in [0.25, 0.3) is 0 Å². The van der Waals surface area contributed by atoms with E-state index in [2.05, 4.69) is 22.9 Å². The second kappa shape index (κ2) is 7.52. The quantitative estimate of drug-likeness (QED) is 0.679. The van der Waals surface area contributed by atoms with Crippen LogP contribution in [-0.2, 0) is 10.0 Å². The van der Waals surface area contributed by atoms with Crippen LogP contribution in [0.3, 0.4) is 0 Å². The molecule has 0 unspecified atom stereocenters. The molecule has 1 aromatic rings. The van der Waals surface area contributed by atoms with E-state index >= 15 is 0 Å². The predicted octanol–water partition coefficient (Wildman–Crippen LogP) is 4.18. The van der Waals surface area contributed by atoms with Crippen LogP contribution in [-0.4, -0.2) is 25.3 Å². The Morgan fingerprint density at radius 1 is 1.30 bits per heavy atom. The van der Waals surface area contributed by atoms with E-state index < -0.39 is 15.8 Å². The van der Waals surface area contributed by atoms with Gasteiger partial charge in [0, 0.05) is 12.6 Å². The van der Waals surface area contributed by atoms with Gasteiger partial charge in [-0.25, -0.2) is 12.8 Å². The lowest BCUT2D eigenvalue weighted by atomic mass is 10.2. The molecule has 0 aromatic heterocycles. The van der Waals surface area contributed by atoms with Crippen molar-refractivity contribution in [3.63, 3.8) is 0 Å². The molecule has 0 atom stereocenters. The summed E-state index contributed by atoms with van der Waals surface area (Å²) in [7, 11) is -3.65. The number of hydrogen-bond acceptors (Lipinski definition) is 2. The third-order valence-electron chi connectivity index (χ3n) is 3.06. The number of hydrogen-bond donors (Lipinski definition) is 0. The van der Waals surface area contributed by atoms with Crippen molar-refractivity contribution in [2.75, 3.05) is 6.54 Å². The molecule has 0 N–H and O–H groups in total. The van der Waals surface area contributed by atoms with Gasteiger partial charge in [0.05, 0.1) is 9.37 Å². The molecular weight excluding hydrogens is 345 g/mol. The highest BCUT2D eigenvalue weighted by Crippen LogP contribution is 2.23. The molecule has 0 saturated carbocycles. The minimum Gasteiger partial charge on any atom is -0.207 e. The van der Waals surface area contributed by atoms with Crippen LogP contribution in [0, 0.1) is 5.82 Å². The highest BCUT2D eigenvalue weighted by atomic mass is 79.9. The summed E-state index contributed by atoms with van der Waals surface area (Å²) < 4.78 is 40.4. The van der Waals surface area contributed by atoms with Gasteiger partial charge >= 0.3 is 0 Å². The first-order valence-corrected chi connectivity index (χ1v) is 9.01. The number of sulfonamides is 1. The molecule has 0 aliphatic rings. The number of halogens is 2. The molecule has 0 aliphatic heterocycles. The van der Waals surface area contributed by atoms with E-state index in [1.807, 2.05) is 13.8 Å². The Kier molecular flexibility index (Phi) is 6.61. The van der Waals surface area contributed by atoms with Crippen LogP contribution in [0.5, 0.6) is 0 Å². The molecule has 1 rings (SSSR count). The van der Waals surface area contributed by atoms with Crippen molar-refractivity contribution in [2.24, 2.45) is 0 Å². The standard InChI is InChI=1S/C14H21BrFNO2S/c1-4-5-6-9-17(11(2)3)20(18,19)12-7-8-13(15)14(16)10-12/h7-8,10-11H,4-6,9H2,1-3H3. The summed E-state index contributed by atoms with van der Waals surface area (Å²) in [6, 6.07) is 3.77. The van der Waals surface area contributed by atoms with E-state index in [0.29, 0.717) is 6.54 Å². The normalized spacial score (nSPS) is 12.3. The summed E-state index contributed by atoms with van der Waals surface area (Å²) >= 11 is 3.03. The lowest BCUT2D eigenvalue weighted by molar-refractivity contribution is 0.345. The van der Waals surface area contributed by atoms with E-state index in [-0.39, 0.29) is 15.4 Å². The summed E-state index contributed by atoms with van der Waals surface area (Å²) in [6.45, 7) is 6.20. The Labute approximate surface area is 129 Å². The molecule has 114 valence electrons. The van der Waals surface area contributed by atoms with Crippen LogP contribution in [0.15, 0.2) is 27.6 Å². The minimum atomic E-state index is -3.65. The van der Waals surface area contributed by atoms with Crippen LogP contribution < -0.4 is 0 Å². The molecule has 0 amide bonds. The molecule has 0 saturated heterocycles. The molecule has 0 bridgehead atoms. The van der Waals surface area contributed by atoms with Crippen LogP contribution in [0.1, 0.15) is 40.0 Å². The Morgan fingerprint density at radius 3 is 2.45 bits per heavy atom. The van der Waals surface area contributed by atoms with Crippen molar-refractivity contribution in [1.29, 1.82) is 0 Å². The topological polar surface area (TPSA) is 37.4 Å². The molecular formula is C14H21BrFNO2S. The Balaban J connectivity index is 3.06. The van der Waals surface area contributed by atoms with Gasteiger partial charge in [0.2, 0.25) is 10.0 Å². The first-order valence-electron chi connectivity index (χ1n) is 6.77. The third kappa shape index (κ3) is 4.27. The summed E-state index contributed by atoms with van der Waals surface area (Å²) in [5.41, 5.74) is 0. The van der Waals surface area contributed by atoms with Crippen molar-refractivity contribution in [2.45, 2.75) is 51.0 Å². The summed E-state index contributed by atoms with van der Waals surface area (Å²) in [5, 5.41) is 0. The van der Waals surface area contributed by atoms with E-state index in [0.717, 1.165) is 25.3 Å². The lowest BCUT2D eigenvalue weighted by Crippen LogP contribution is -2.37. The highest BCUT2D eigenvalue weighted by molar-refractivity contribution is 9.10. The third-order valence-corrected chi connectivity index (χ3v) is 5.77. The van der Waals surface area contributed by atoms with Gasteiger partial charge in [-0.15, -0.1) is 0 Å². The molecule has 1 aromatic carbocycles. The monoisotopic (exact) mass is 365 g/mol. The smallest absolute Gasteiger partial charge is 0.207 e. The van der Waals surface area contributed by atoms with Gasteiger partial charge in [-0.1, -0.05) is 19.8 Å². The Bertz CT molecular complexity index is 546. The average Bonchev–Trinajstić information content (AvgIpc) is 2.37. The maximum atomic E-state index is 13.6. The molecule has 3 nitrogen and oxygen atoms in total. The minimum absolute atomic E-state index is 0.00315. The zero-order chi connectivity index (χ0) is 15.3. The van der Waals surface area contributed by atoms with Gasteiger partial charge in [-0.2, -0.15) is 4.31 Å². The van der Waals surface area contributed by atoms with Gasteiger partial charge in [0.25, 0.3) is 0 Å². The van der Waals surface area contributed by atoms with E-state index in [1.54, 1.807) is 0 Å². The fourth-order valence-corrected chi connectivity index (χ4v) is 3.88. The average molecular weight is 366 g/mol. The van der Waals surface area contributed by atoms with Crippen molar-refractivity contribution in [3.8, 4) is 0 Å². The zero-order valence-corrected chi connectivity index (χ0v) is 14.5. The molecule has 0 heterocycles. The SMILES string of the molecule is CCCCCN(C(C)C)S(=O)(=O)c1ccc(Br)c(F)c1. The predicted molar refractivity (Wildman–Crippen MR) is 82.7 cm³/mol. The van der Waals surface area contributed by atoms with Gasteiger partial charge < -0.3 is 0 Å². The van der Waals surface area contributed by atoms with Crippen LogP contribution >= 0.6 is 15.9 Å². The lowest BCUT2D eigenvalue weighted by Gasteiger charge is -2.26. The second-order valence-corrected chi connectivity index (χ2v) is 7.74. The molecule has 20 heavy (non-hydrogen) atoms. The summed E-state index contributed by atoms with van der Waals surface area (Å²) in [5.74, 6) is -0.566. The number of unbranched alkanes of at least 4 members (excludes halogenated alkanes) is 2.